The summed E-state index contributed by atoms with van der Waals surface area (Å²) in [7, 11) is 0. The maximum Gasteiger partial charge on any atom is 0.0875 e. The molecule has 2 rings (SSSR count). The van der Waals surface area contributed by atoms with Crippen LogP contribution in [0.5, 0.6) is 0 Å². The number of benzene rings is 2. The molecule has 0 aliphatic carbocycles. The molecule has 0 aliphatic heterocycles. The third kappa shape index (κ3) is 6.01. The summed E-state index contributed by atoms with van der Waals surface area (Å²) >= 11 is 0. The number of allylic oxidation sites excluding steroid dienone is 2. The van der Waals surface area contributed by atoms with E-state index in [2.05, 4.69) is 83.2 Å². The zero-order chi connectivity index (χ0) is 18.3. The zero-order valence-corrected chi connectivity index (χ0v) is 16.6. The molecule has 0 spiro atoms. The van der Waals surface area contributed by atoms with Gasteiger partial charge >= 0.3 is 0 Å². The Morgan fingerprint density at radius 2 is 1.80 bits per heavy atom. The molecule has 1 atom stereocenters. The summed E-state index contributed by atoms with van der Waals surface area (Å²) in [6.45, 7) is 11.9. The first kappa shape index (κ1) is 19.7. The first-order chi connectivity index (χ1) is 11.9. The fraction of sp³-hybridized carbons (Fsp3) is 0.500. The van der Waals surface area contributed by atoms with E-state index in [1.54, 1.807) is 0 Å². The van der Waals surface area contributed by atoms with Gasteiger partial charge in [0, 0.05) is 6.61 Å². The highest BCUT2D eigenvalue weighted by atomic mass is 16.5. The van der Waals surface area contributed by atoms with Gasteiger partial charge in [0.15, 0.2) is 0 Å². The van der Waals surface area contributed by atoms with Crippen molar-refractivity contribution in [2.24, 2.45) is 5.92 Å². The number of rotatable bonds is 9. The summed E-state index contributed by atoms with van der Waals surface area (Å²) in [6, 6.07) is 15.2. The van der Waals surface area contributed by atoms with Crippen LogP contribution in [0.15, 0.2) is 54.1 Å². The average molecular weight is 339 g/mol. The predicted molar refractivity (Wildman–Crippen MR) is 110 cm³/mol. The van der Waals surface area contributed by atoms with Gasteiger partial charge in [-0.2, -0.15) is 0 Å². The van der Waals surface area contributed by atoms with Gasteiger partial charge in [-0.3, -0.25) is 0 Å². The summed E-state index contributed by atoms with van der Waals surface area (Å²) in [6.07, 6.45) is 7.11. The number of ether oxygens (including phenoxy) is 1. The van der Waals surface area contributed by atoms with Gasteiger partial charge in [-0.25, -0.2) is 0 Å². The molecule has 0 fully saturated rings. The standard InChI is InChI=1S/C24H34O/c1-6-19(2)10-9-11-20(3)16-17-25-24(4,5)23-15-14-21-12-7-8-13-22(21)18-23/h7-8,10,12-15,18,20H,6,9,11,16-17H2,1-5H3. The molecular formula is C24H34O. The largest absolute Gasteiger partial charge is 0.371 e. The Balaban J connectivity index is 1.85. The van der Waals surface area contributed by atoms with E-state index < -0.39 is 0 Å². The highest BCUT2D eigenvalue weighted by molar-refractivity contribution is 5.83. The lowest BCUT2D eigenvalue weighted by Gasteiger charge is -2.27. The molecule has 1 unspecified atom stereocenters. The highest BCUT2D eigenvalue weighted by Crippen LogP contribution is 2.28. The van der Waals surface area contributed by atoms with E-state index in [4.69, 9.17) is 4.74 Å². The van der Waals surface area contributed by atoms with Gasteiger partial charge in [-0.05, 0) is 74.8 Å². The van der Waals surface area contributed by atoms with E-state index in [-0.39, 0.29) is 5.60 Å². The summed E-state index contributed by atoms with van der Waals surface area (Å²) < 4.78 is 6.27. The number of hydrogen-bond donors (Lipinski definition) is 0. The van der Waals surface area contributed by atoms with E-state index >= 15 is 0 Å². The number of fused-ring (bicyclic) bond motifs is 1. The Hall–Kier alpha value is -1.60. The van der Waals surface area contributed by atoms with E-state index in [0.29, 0.717) is 5.92 Å². The Labute approximate surface area is 154 Å². The van der Waals surface area contributed by atoms with Crippen molar-refractivity contribution in [3.05, 3.63) is 59.7 Å². The van der Waals surface area contributed by atoms with Crippen molar-refractivity contribution in [2.75, 3.05) is 6.61 Å². The normalized spacial score (nSPS) is 14.0. The van der Waals surface area contributed by atoms with E-state index in [9.17, 15) is 0 Å². The van der Waals surface area contributed by atoms with Crippen LogP contribution in [-0.4, -0.2) is 6.61 Å². The molecule has 0 saturated carbocycles. The number of hydrogen-bond acceptors (Lipinski definition) is 1. The molecule has 2 aromatic carbocycles. The van der Waals surface area contributed by atoms with Gasteiger partial charge in [-0.1, -0.05) is 61.9 Å². The second kappa shape index (κ2) is 9.20. The summed E-state index contributed by atoms with van der Waals surface area (Å²) in [5, 5.41) is 2.56. The van der Waals surface area contributed by atoms with Crippen LogP contribution >= 0.6 is 0 Å². The highest BCUT2D eigenvalue weighted by Gasteiger charge is 2.21. The molecule has 0 saturated heterocycles. The monoisotopic (exact) mass is 338 g/mol. The van der Waals surface area contributed by atoms with Gasteiger partial charge in [0.05, 0.1) is 5.60 Å². The van der Waals surface area contributed by atoms with Gasteiger partial charge in [-0.15, -0.1) is 0 Å². The second-order valence-corrected chi connectivity index (χ2v) is 7.80. The molecule has 1 heteroatoms. The molecular weight excluding hydrogens is 304 g/mol. The third-order valence-corrected chi connectivity index (χ3v) is 5.23. The van der Waals surface area contributed by atoms with Crippen molar-refractivity contribution in [2.45, 2.75) is 65.9 Å². The molecule has 0 heterocycles. The lowest BCUT2D eigenvalue weighted by atomic mass is 9.95. The van der Waals surface area contributed by atoms with Gasteiger partial charge < -0.3 is 4.74 Å². The minimum atomic E-state index is -0.248. The van der Waals surface area contributed by atoms with Gasteiger partial charge in [0.2, 0.25) is 0 Å². The van der Waals surface area contributed by atoms with E-state index in [0.717, 1.165) is 19.4 Å². The Bertz CT molecular complexity index is 696. The minimum absolute atomic E-state index is 0.248. The fourth-order valence-electron chi connectivity index (χ4n) is 3.07. The minimum Gasteiger partial charge on any atom is -0.371 e. The maximum atomic E-state index is 6.27. The van der Waals surface area contributed by atoms with Crippen LogP contribution in [-0.2, 0) is 10.3 Å². The van der Waals surface area contributed by atoms with E-state index in [1.807, 2.05) is 0 Å². The molecule has 0 radical (unpaired) electrons. The van der Waals surface area contributed by atoms with Crippen molar-refractivity contribution in [3.63, 3.8) is 0 Å². The molecule has 136 valence electrons. The third-order valence-electron chi connectivity index (χ3n) is 5.23. The molecule has 0 aliphatic rings. The molecule has 25 heavy (non-hydrogen) atoms. The van der Waals surface area contributed by atoms with Crippen LogP contribution in [0, 0.1) is 5.92 Å². The first-order valence-corrected chi connectivity index (χ1v) is 9.71. The van der Waals surface area contributed by atoms with Crippen LogP contribution in [0.2, 0.25) is 0 Å². The summed E-state index contributed by atoms with van der Waals surface area (Å²) in [4.78, 5) is 0. The second-order valence-electron chi connectivity index (χ2n) is 7.80. The molecule has 1 nitrogen and oxygen atoms in total. The fourth-order valence-corrected chi connectivity index (χ4v) is 3.07. The topological polar surface area (TPSA) is 9.23 Å². The van der Waals surface area contributed by atoms with E-state index in [1.165, 1.54) is 34.8 Å². The van der Waals surface area contributed by atoms with Crippen LogP contribution in [0.1, 0.15) is 65.9 Å². The Kier molecular flexibility index (Phi) is 7.25. The van der Waals surface area contributed by atoms with Crippen molar-refractivity contribution >= 4 is 10.8 Å². The van der Waals surface area contributed by atoms with Crippen molar-refractivity contribution in [1.82, 2.24) is 0 Å². The summed E-state index contributed by atoms with van der Waals surface area (Å²) in [5.41, 5.74) is 2.50. The average Bonchev–Trinajstić information content (AvgIpc) is 2.61. The Morgan fingerprint density at radius 3 is 2.52 bits per heavy atom. The van der Waals surface area contributed by atoms with Crippen molar-refractivity contribution < 1.29 is 4.74 Å². The van der Waals surface area contributed by atoms with Crippen molar-refractivity contribution in [1.29, 1.82) is 0 Å². The quantitative estimate of drug-likeness (QED) is 0.437. The predicted octanol–water partition coefficient (Wildman–Crippen LogP) is 7.25. The van der Waals surface area contributed by atoms with Crippen LogP contribution in [0.3, 0.4) is 0 Å². The van der Waals surface area contributed by atoms with Crippen LogP contribution in [0.25, 0.3) is 10.8 Å². The smallest absolute Gasteiger partial charge is 0.0875 e. The Morgan fingerprint density at radius 1 is 1.08 bits per heavy atom. The van der Waals surface area contributed by atoms with Crippen molar-refractivity contribution in [3.8, 4) is 0 Å². The SMILES string of the molecule is CCC(C)=CCCC(C)CCOC(C)(C)c1ccc2ccccc2c1. The van der Waals surface area contributed by atoms with Gasteiger partial charge in [0.25, 0.3) is 0 Å². The summed E-state index contributed by atoms with van der Waals surface area (Å²) in [5.74, 6) is 0.702. The lowest BCUT2D eigenvalue weighted by molar-refractivity contribution is -0.0270. The van der Waals surface area contributed by atoms with Crippen LogP contribution in [0.4, 0.5) is 0 Å². The van der Waals surface area contributed by atoms with Crippen LogP contribution < -0.4 is 0 Å². The lowest BCUT2D eigenvalue weighted by Crippen LogP contribution is -2.23. The molecule has 0 N–H and O–H groups in total. The van der Waals surface area contributed by atoms with Gasteiger partial charge in [0.1, 0.15) is 0 Å². The molecule has 2 aromatic rings. The molecule has 0 aromatic heterocycles. The molecule has 0 bridgehead atoms. The first-order valence-electron chi connectivity index (χ1n) is 9.71. The molecule has 0 amide bonds. The maximum absolute atomic E-state index is 6.27. The zero-order valence-electron chi connectivity index (χ0n) is 16.6.